The highest BCUT2D eigenvalue weighted by Crippen LogP contribution is 2.14. The van der Waals surface area contributed by atoms with E-state index in [4.69, 9.17) is 4.74 Å². The molecule has 0 saturated carbocycles. The van der Waals surface area contributed by atoms with Gasteiger partial charge in [0.15, 0.2) is 0 Å². The molecule has 7 heteroatoms. The van der Waals surface area contributed by atoms with Crippen molar-refractivity contribution in [3.63, 3.8) is 0 Å². The Morgan fingerprint density at radius 3 is 2.06 bits per heavy atom. The topological polar surface area (TPSA) is 66.9 Å². The number of hydrogen-bond donors (Lipinski definition) is 0. The molecular weight excluding hydrogens is 447 g/mol. The molecule has 0 spiro atoms. The summed E-state index contributed by atoms with van der Waals surface area (Å²) in [5.41, 5.74) is 1.94. The molecule has 2 aromatic carbocycles. The molecule has 2 rings (SSSR count). The number of carbonyl (C=O) groups excluding carboxylic acids is 3. The Bertz CT molecular complexity index is 958. The number of esters is 1. The SMILES string of the molecule is CCN(Cc1ccc(C(=O)OC)cc1)C(=O)CCCCCCN(C(=O)c1ccc(F)cc1)C(C)C. The first-order valence-electron chi connectivity index (χ1n) is 12.3. The van der Waals surface area contributed by atoms with Crippen LogP contribution in [0.25, 0.3) is 0 Å². The van der Waals surface area contributed by atoms with Crippen molar-refractivity contribution in [1.82, 2.24) is 9.80 Å². The smallest absolute Gasteiger partial charge is 0.337 e. The maximum atomic E-state index is 13.2. The van der Waals surface area contributed by atoms with Crippen molar-refractivity contribution in [2.24, 2.45) is 0 Å². The fraction of sp³-hybridized carbons (Fsp3) is 0.464. The lowest BCUT2D eigenvalue weighted by molar-refractivity contribution is -0.131. The summed E-state index contributed by atoms with van der Waals surface area (Å²) in [4.78, 5) is 40.6. The monoisotopic (exact) mass is 484 g/mol. The Kier molecular flexibility index (Phi) is 11.4. The molecule has 0 aliphatic carbocycles. The molecule has 2 aromatic rings. The van der Waals surface area contributed by atoms with E-state index < -0.39 is 0 Å². The lowest BCUT2D eigenvalue weighted by Gasteiger charge is -2.27. The van der Waals surface area contributed by atoms with Crippen LogP contribution in [0.4, 0.5) is 4.39 Å². The largest absolute Gasteiger partial charge is 0.465 e. The van der Waals surface area contributed by atoms with Crippen molar-refractivity contribution in [2.45, 2.75) is 65.5 Å². The van der Waals surface area contributed by atoms with E-state index in [-0.39, 0.29) is 29.6 Å². The Morgan fingerprint density at radius 2 is 1.49 bits per heavy atom. The number of methoxy groups -OCH3 is 1. The average molecular weight is 485 g/mol. The quantitative estimate of drug-likeness (QED) is 0.280. The highest BCUT2D eigenvalue weighted by atomic mass is 19.1. The van der Waals surface area contributed by atoms with Crippen molar-refractivity contribution in [3.8, 4) is 0 Å². The second-order valence-electron chi connectivity index (χ2n) is 8.86. The molecule has 0 saturated heterocycles. The van der Waals surface area contributed by atoms with Crippen LogP contribution in [-0.2, 0) is 16.1 Å². The minimum Gasteiger partial charge on any atom is -0.465 e. The number of benzene rings is 2. The third-order valence-electron chi connectivity index (χ3n) is 6.00. The molecule has 0 heterocycles. The zero-order valence-electron chi connectivity index (χ0n) is 21.3. The van der Waals surface area contributed by atoms with Crippen LogP contribution in [0.2, 0.25) is 0 Å². The number of rotatable bonds is 13. The zero-order chi connectivity index (χ0) is 25.8. The van der Waals surface area contributed by atoms with E-state index in [2.05, 4.69) is 0 Å². The summed E-state index contributed by atoms with van der Waals surface area (Å²) in [6, 6.07) is 12.8. The van der Waals surface area contributed by atoms with Crippen molar-refractivity contribution < 1.29 is 23.5 Å². The second kappa shape index (κ2) is 14.2. The Morgan fingerprint density at radius 1 is 0.886 bits per heavy atom. The van der Waals surface area contributed by atoms with Crippen LogP contribution in [-0.4, -0.2) is 53.8 Å². The third-order valence-corrected chi connectivity index (χ3v) is 6.00. The maximum Gasteiger partial charge on any atom is 0.337 e. The van der Waals surface area contributed by atoms with E-state index in [1.54, 1.807) is 12.1 Å². The van der Waals surface area contributed by atoms with Crippen LogP contribution >= 0.6 is 0 Å². The van der Waals surface area contributed by atoms with E-state index >= 15 is 0 Å². The molecular formula is C28H37FN2O4. The summed E-state index contributed by atoms with van der Waals surface area (Å²) in [5, 5.41) is 0. The number of carbonyl (C=O) groups is 3. The fourth-order valence-electron chi connectivity index (χ4n) is 3.88. The minimum atomic E-state index is -0.378. The molecule has 0 aliphatic rings. The minimum absolute atomic E-state index is 0.0499. The highest BCUT2D eigenvalue weighted by molar-refractivity contribution is 5.94. The molecule has 0 aliphatic heterocycles. The number of hydrogen-bond acceptors (Lipinski definition) is 4. The van der Waals surface area contributed by atoms with Gasteiger partial charge in [0.05, 0.1) is 12.7 Å². The van der Waals surface area contributed by atoms with Gasteiger partial charge in [-0.15, -0.1) is 0 Å². The van der Waals surface area contributed by atoms with E-state index in [0.717, 1.165) is 31.2 Å². The summed E-state index contributed by atoms with van der Waals surface area (Å²) in [6.07, 6.45) is 3.96. The van der Waals surface area contributed by atoms with Gasteiger partial charge in [-0.1, -0.05) is 25.0 Å². The lowest BCUT2D eigenvalue weighted by atomic mass is 10.1. The Labute approximate surface area is 208 Å². The number of nitrogens with zero attached hydrogens (tertiary/aromatic N) is 2. The molecule has 2 amide bonds. The van der Waals surface area contributed by atoms with E-state index in [9.17, 15) is 18.8 Å². The summed E-state index contributed by atoms with van der Waals surface area (Å²) < 4.78 is 17.9. The predicted octanol–water partition coefficient (Wildman–Crippen LogP) is 5.46. The lowest BCUT2D eigenvalue weighted by Crippen LogP contribution is -2.37. The Hall–Kier alpha value is -3.22. The van der Waals surface area contributed by atoms with Crippen LogP contribution in [0, 0.1) is 5.82 Å². The average Bonchev–Trinajstić information content (AvgIpc) is 2.86. The summed E-state index contributed by atoms with van der Waals surface area (Å²) in [6.45, 7) is 7.66. The zero-order valence-corrected chi connectivity index (χ0v) is 21.3. The number of amides is 2. The van der Waals surface area contributed by atoms with Crippen molar-refractivity contribution in [3.05, 3.63) is 71.0 Å². The van der Waals surface area contributed by atoms with Crippen molar-refractivity contribution >= 4 is 17.8 Å². The van der Waals surface area contributed by atoms with E-state index in [0.29, 0.717) is 37.2 Å². The maximum absolute atomic E-state index is 13.2. The predicted molar refractivity (Wildman–Crippen MR) is 135 cm³/mol. The van der Waals surface area contributed by atoms with Gasteiger partial charge in [0.2, 0.25) is 5.91 Å². The summed E-state index contributed by atoms with van der Waals surface area (Å²) in [5.74, 6) is -0.713. The molecule has 190 valence electrons. The second-order valence-corrected chi connectivity index (χ2v) is 8.86. The number of unbranched alkanes of at least 4 members (excludes halogenated alkanes) is 3. The first-order chi connectivity index (χ1) is 16.8. The molecule has 0 fully saturated rings. The molecule has 0 aromatic heterocycles. The standard InChI is InChI=1S/C28H37FN2O4/c1-5-30(20-22-11-13-24(14-12-22)28(34)35-4)26(32)10-8-6-7-9-19-31(21(2)3)27(33)23-15-17-25(29)18-16-23/h11-18,21H,5-10,19-20H2,1-4H3. The van der Waals surface area contributed by atoms with Crippen LogP contribution in [0.1, 0.15) is 79.2 Å². The van der Waals surface area contributed by atoms with E-state index in [1.165, 1.54) is 31.4 Å². The Balaban J connectivity index is 1.74. The van der Waals surface area contributed by atoms with Crippen LogP contribution in [0.15, 0.2) is 48.5 Å². The third kappa shape index (κ3) is 8.81. The molecule has 6 nitrogen and oxygen atoms in total. The van der Waals surface area contributed by atoms with Crippen LogP contribution in [0.3, 0.4) is 0 Å². The molecule has 0 atom stereocenters. The summed E-state index contributed by atoms with van der Waals surface area (Å²) in [7, 11) is 1.35. The fourth-order valence-corrected chi connectivity index (χ4v) is 3.88. The van der Waals surface area contributed by atoms with Gasteiger partial charge in [-0.05, 0) is 75.6 Å². The van der Waals surface area contributed by atoms with Gasteiger partial charge in [0.25, 0.3) is 5.91 Å². The molecule has 35 heavy (non-hydrogen) atoms. The van der Waals surface area contributed by atoms with Gasteiger partial charge in [-0.25, -0.2) is 9.18 Å². The molecule has 0 N–H and O–H groups in total. The van der Waals surface area contributed by atoms with Crippen LogP contribution < -0.4 is 0 Å². The van der Waals surface area contributed by atoms with Gasteiger partial charge < -0.3 is 14.5 Å². The first kappa shape index (κ1) is 28.0. The van der Waals surface area contributed by atoms with Gasteiger partial charge in [-0.2, -0.15) is 0 Å². The van der Waals surface area contributed by atoms with Gasteiger partial charge in [0, 0.05) is 37.7 Å². The molecule has 0 radical (unpaired) electrons. The van der Waals surface area contributed by atoms with Gasteiger partial charge >= 0.3 is 5.97 Å². The molecule has 0 unspecified atom stereocenters. The van der Waals surface area contributed by atoms with Crippen molar-refractivity contribution in [1.29, 1.82) is 0 Å². The highest BCUT2D eigenvalue weighted by Gasteiger charge is 2.18. The van der Waals surface area contributed by atoms with Gasteiger partial charge in [-0.3, -0.25) is 9.59 Å². The van der Waals surface area contributed by atoms with Crippen molar-refractivity contribution in [2.75, 3.05) is 20.2 Å². The van der Waals surface area contributed by atoms with E-state index in [1.807, 2.05) is 42.7 Å². The van der Waals surface area contributed by atoms with Gasteiger partial charge in [0.1, 0.15) is 5.82 Å². The molecule has 0 bridgehead atoms. The number of halogens is 1. The normalized spacial score (nSPS) is 10.8. The number of ether oxygens (including phenoxy) is 1. The van der Waals surface area contributed by atoms with Crippen LogP contribution in [0.5, 0.6) is 0 Å². The first-order valence-corrected chi connectivity index (χ1v) is 12.3. The summed E-state index contributed by atoms with van der Waals surface area (Å²) >= 11 is 0.